The van der Waals surface area contributed by atoms with Crippen molar-refractivity contribution in [3.05, 3.63) is 29.3 Å². The minimum atomic E-state index is 0.190. The second-order valence-electron chi connectivity index (χ2n) is 6.11. The van der Waals surface area contributed by atoms with Crippen molar-refractivity contribution in [1.29, 1.82) is 0 Å². The van der Waals surface area contributed by atoms with E-state index < -0.39 is 0 Å². The number of hydrogen-bond acceptors (Lipinski definition) is 3. The van der Waals surface area contributed by atoms with Gasteiger partial charge in [-0.2, -0.15) is 0 Å². The van der Waals surface area contributed by atoms with E-state index in [-0.39, 0.29) is 5.84 Å². The Morgan fingerprint density at radius 2 is 2.15 bits per heavy atom. The monoisotopic (exact) mass is 275 g/mol. The predicted octanol–water partition coefficient (Wildman–Crippen LogP) is 3.10. The largest absolute Gasteiger partial charge is 0.409 e. The maximum Gasteiger partial charge on any atom is 0.172 e. The average molecular weight is 275 g/mol. The van der Waals surface area contributed by atoms with Crippen LogP contribution in [0.3, 0.4) is 0 Å². The molecule has 0 aromatic heterocycles. The SMILES string of the molecule is Cc1ccc(/C(N)=N/O)c(N(CCC(C)C)C2CC2)c1. The lowest BCUT2D eigenvalue weighted by molar-refractivity contribution is 0.318. The summed E-state index contributed by atoms with van der Waals surface area (Å²) in [5.41, 5.74) is 8.96. The van der Waals surface area contributed by atoms with Crippen LogP contribution in [0.1, 0.15) is 44.2 Å². The number of aryl methyl sites for hydroxylation is 1. The fourth-order valence-corrected chi connectivity index (χ4v) is 2.43. The second-order valence-corrected chi connectivity index (χ2v) is 6.11. The topological polar surface area (TPSA) is 61.9 Å². The molecule has 0 amide bonds. The number of benzene rings is 1. The first kappa shape index (κ1) is 14.7. The summed E-state index contributed by atoms with van der Waals surface area (Å²) in [7, 11) is 0. The lowest BCUT2D eigenvalue weighted by Gasteiger charge is -2.28. The molecule has 0 bridgehead atoms. The van der Waals surface area contributed by atoms with Crippen molar-refractivity contribution in [3.8, 4) is 0 Å². The molecule has 1 saturated carbocycles. The van der Waals surface area contributed by atoms with Gasteiger partial charge in [0.15, 0.2) is 5.84 Å². The Morgan fingerprint density at radius 1 is 1.45 bits per heavy atom. The highest BCUT2D eigenvalue weighted by atomic mass is 16.4. The van der Waals surface area contributed by atoms with Gasteiger partial charge in [0, 0.05) is 23.8 Å². The maximum absolute atomic E-state index is 8.98. The number of amidine groups is 1. The van der Waals surface area contributed by atoms with Gasteiger partial charge in [-0.15, -0.1) is 0 Å². The Morgan fingerprint density at radius 3 is 2.70 bits per heavy atom. The molecule has 20 heavy (non-hydrogen) atoms. The van der Waals surface area contributed by atoms with Gasteiger partial charge in [-0.25, -0.2) is 0 Å². The van der Waals surface area contributed by atoms with Gasteiger partial charge in [0.2, 0.25) is 0 Å². The fraction of sp³-hybridized carbons (Fsp3) is 0.562. The number of anilines is 1. The average Bonchev–Trinajstić information content (AvgIpc) is 3.22. The van der Waals surface area contributed by atoms with E-state index in [9.17, 15) is 0 Å². The summed E-state index contributed by atoms with van der Waals surface area (Å²) in [5, 5.41) is 12.2. The van der Waals surface area contributed by atoms with E-state index in [4.69, 9.17) is 10.9 Å². The lowest BCUT2D eigenvalue weighted by Crippen LogP contribution is -2.30. The summed E-state index contributed by atoms with van der Waals surface area (Å²) in [6, 6.07) is 6.71. The van der Waals surface area contributed by atoms with Crippen LogP contribution < -0.4 is 10.6 Å². The van der Waals surface area contributed by atoms with Crippen molar-refractivity contribution in [2.45, 2.75) is 46.1 Å². The van der Waals surface area contributed by atoms with Crippen LogP contribution in [-0.2, 0) is 0 Å². The van der Waals surface area contributed by atoms with Gasteiger partial charge in [0.25, 0.3) is 0 Å². The lowest BCUT2D eigenvalue weighted by atomic mass is 10.1. The number of nitrogens with two attached hydrogens (primary N) is 1. The molecular formula is C16H25N3O. The minimum Gasteiger partial charge on any atom is -0.409 e. The summed E-state index contributed by atoms with van der Waals surface area (Å²) in [4.78, 5) is 2.43. The molecule has 1 aromatic rings. The number of oxime groups is 1. The highest BCUT2D eigenvalue weighted by Crippen LogP contribution is 2.34. The molecule has 0 saturated heterocycles. The van der Waals surface area contributed by atoms with Crippen LogP contribution in [0.5, 0.6) is 0 Å². The zero-order valence-corrected chi connectivity index (χ0v) is 12.6. The first-order valence-corrected chi connectivity index (χ1v) is 7.38. The Labute approximate surface area is 121 Å². The van der Waals surface area contributed by atoms with Gasteiger partial charge in [0.05, 0.1) is 0 Å². The summed E-state index contributed by atoms with van der Waals surface area (Å²) in [5.74, 6) is 0.864. The normalized spacial score (nSPS) is 15.7. The van der Waals surface area contributed by atoms with Gasteiger partial charge in [-0.3, -0.25) is 0 Å². The molecule has 0 unspecified atom stereocenters. The van der Waals surface area contributed by atoms with Crippen molar-refractivity contribution in [2.75, 3.05) is 11.4 Å². The highest BCUT2D eigenvalue weighted by molar-refractivity contribution is 6.02. The van der Waals surface area contributed by atoms with Crippen molar-refractivity contribution in [1.82, 2.24) is 0 Å². The van der Waals surface area contributed by atoms with Crippen LogP contribution in [-0.4, -0.2) is 23.6 Å². The van der Waals surface area contributed by atoms with E-state index in [2.05, 4.69) is 36.9 Å². The second kappa shape index (κ2) is 6.16. The van der Waals surface area contributed by atoms with Crippen molar-refractivity contribution in [3.63, 3.8) is 0 Å². The van der Waals surface area contributed by atoms with Crippen LogP contribution in [0, 0.1) is 12.8 Å². The fourth-order valence-electron chi connectivity index (χ4n) is 2.43. The van der Waals surface area contributed by atoms with Crippen LogP contribution in [0.25, 0.3) is 0 Å². The molecular weight excluding hydrogens is 250 g/mol. The van der Waals surface area contributed by atoms with Gasteiger partial charge >= 0.3 is 0 Å². The zero-order valence-electron chi connectivity index (χ0n) is 12.6. The molecule has 1 aliphatic carbocycles. The van der Waals surface area contributed by atoms with Gasteiger partial charge < -0.3 is 15.8 Å². The van der Waals surface area contributed by atoms with E-state index in [0.29, 0.717) is 12.0 Å². The Kier molecular flexibility index (Phi) is 4.53. The van der Waals surface area contributed by atoms with Gasteiger partial charge in [-0.1, -0.05) is 25.1 Å². The molecule has 1 fully saturated rings. The third kappa shape index (κ3) is 3.44. The van der Waals surface area contributed by atoms with Gasteiger partial charge in [-0.05, 0) is 49.8 Å². The summed E-state index contributed by atoms with van der Waals surface area (Å²) in [6.45, 7) is 7.59. The highest BCUT2D eigenvalue weighted by Gasteiger charge is 2.30. The quantitative estimate of drug-likeness (QED) is 0.363. The maximum atomic E-state index is 8.98. The molecule has 0 spiro atoms. The first-order chi connectivity index (χ1) is 9.52. The van der Waals surface area contributed by atoms with E-state index >= 15 is 0 Å². The van der Waals surface area contributed by atoms with Crippen molar-refractivity contribution in [2.24, 2.45) is 16.8 Å². The van der Waals surface area contributed by atoms with E-state index in [1.54, 1.807) is 0 Å². The van der Waals surface area contributed by atoms with Crippen LogP contribution >= 0.6 is 0 Å². The van der Waals surface area contributed by atoms with Crippen LogP contribution in [0.2, 0.25) is 0 Å². The molecule has 0 aliphatic heterocycles. The van der Waals surface area contributed by atoms with Crippen molar-refractivity contribution < 1.29 is 5.21 Å². The smallest absolute Gasteiger partial charge is 0.172 e. The zero-order chi connectivity index (χ0) is 14.7. The van der Waals surface area contributed by atoms with Crippen LogP contribution in [0.4, 0.5) is 5.69 Å². The molecule has 0 heterocycles. The molecule has 4 heteroatoms. The predicted molar refractivity (Wildman–Crippen MR) is 83.5 cm³/mol. The summed E-state index contributed by atoms with van der Waals surface area (Å²) < 4.78 is 0. The summed E-state index contributed by atoms with van der Waals surface area (Å²) in [6.07, 6.45) is 3.63. The Hall–Kier alpha value is -1.71. The first-order valence-electron chi connectivity index (χ1n) is 7.38. The molecule has 1 aromatic carbocycles. The third-order valence-electron chi connectivity index (χ3n) is 3.78. The standard InChI is InChI=1S/C16H25N3O/c1-11(2)8-9-19(13-5-6-13)15-10-12(3)4-7-14(15)16(17)18-20/h4,7,10-11,13,20H,5-6,8-9H2,1-3H3,(H2,17,18). The summed E-state index contributed by atoms with van der Waals surface area (Å²) >= 11 is 0. The Bertz CT molecular complexity index is 492. The van der Waals surface area contributed by atoms with Gasteiger partial charge in [0.1, 0.15) is 0 Å². The number of nitrogens with zero attached hydrogens (tertiary/aromatic N) is 2. The van der Waals surface area contributed by atoms with Crippen LogP contribution in [0.15, 0.2) is 23.4 Å². The Balaban J connectivity index is 2.33. The molecule has 2 rings (SSSR count). The third-order valence-corrected chi connectivity index (χ3v) is 3.78. The molecule has 3 N–H and O–H groups in total. The van der Waals surface area contributed by atoms with E-state index in [0.717, 1.165) is 24.2 Å². The molecule has 110 valence electrons. The molecule has 0 radical (unpaired) electrons. The number of hydrogen-bond donors (Lipinski definition) is 2. The van der Waals surface area contributed by atoms with E-state index in [1.165, 1.54) is 18.4 Å². The van der Waals surface area contributed by atoms with Crippen molar-refractivity contribution >= 4 is 11.5 Å². The minimum absolute atomic E-state index is 0.190. The number of rotatable bonds is 6. The van der Waals surface area contributed by atoms with E-state index in [1.807, 2.05) is 12.1 Å². The molecule has 4 nitrogen and oxygen atoms in total. The molecule has 0 atom stereocenters. The molecule has 1 aliphatic rings.